The Kier molecular flexibility index (Phi) is 35.9. The first-order valence-corrected chi connectivity index (χ1v) is 23.7. The molecule has 0 spiro atoms. The highest BCUT2D eigenvalue weighted by atomic mass is 31.2. The van der Waals surface area contributed by atoms with E-state index in [2.05, 4.69) is 43.5 Å². The zero-order valence-corrected chi connectivity index (χ0v) is 36.4. The summed E-state index contributed by atoms with van der Waals surface area (Å²) in [4.78, 5) is 23.1. The molecule has 0 bridgehead atoms. The number of unbranched alkanes of at least 4 members (excludes halogenated alkanes) is 23. The van der Waals surface area contributed by atoms with Gasteiger partial charge < -0.3 is 19.8 Å². The molecule has 0 aromatic rings. The van der Waals surface area contributed by atoms with Crippen LogP contribution in [-0.4, -0.2) is 73.4 Å². The predicted molar refractivity (Wildman–Crippen MR) is 226 cm³/mol. The molecular weight excluding hydrogens is 683 g/mol. The number of amides is 1. The zero-order chi connectivity index (χ0) is 39.3. The number of allylic oxidation sites excluding steroid dienone is 4. The number of aliphatic hydroxyl groups excluding tert-OH is 1. The molecule has 0 heterocycles. The van der Waals surface area contributed by atoms with Gasteiger partial charge >= 0.3 is 7.82 Å². The van der Waals surface area contributed by atoms with E-state index < -0.39 is 20.0 Å². The number of quaternary nitrogens is 1. The molecule has 3 unspecified atom stereocenters. The van der Waals surface area contributed by atoms with Crippen molar-refractivity contribution in [3.8, 4) is 0 Å². The lowest BCUT2D eigenvalue weighted by Crippen LogP contribution is -2.46. The topological polar surface area (TPSA) is 105 Å². The lowest BCUT2D eigenvalue weighted by Gasteiger charge is -2.26. The van der Waals surface area contributed by atoms with E-state index in [-0.39, 0.29) is 19.1 Å². The summed E-state index contributed by atoms with van der Waals surface area (Å²) in [5.41, 5.74) is 0. The molecule has 0 aliphatic rings. The number of likely N-dealkylation sites (N-methyl/N-ethyl adjacent to an activating group) is 1. The molecule has 3 atom stereocenters. The number of carbonyl (C=O) groups is 1. The van der Waals surface area contributed by atoms with E-state index in [1.54, 1.807) is 0 Å². The molecule has 314 valence electrons. The van der Waals surface area contributed by atoms with Crippen LogP contribution in [0.3, 0.4) is 0 Å². The normalized spacial score (nSPS) is 14.6. The largest absolute Gasteiger partial charge is 0.472 e. The first kappa shape index (κ1) is 52.0. The molecular formula is C44H88N2O6P+. The van der Waals surface area contributed by atoms with Crippen molar-refractivity contribution in [2.75, 3.05) is 40.9 Å². The van der Waals surface area contributed by atoms with Crippen LogP contribution in [0.15, 0.2) is 24.3 Å². The van der Waals surface area contributed by atoms with E-state index in [0.29, 0.717) is 23.9 Å². The van der Waals surface area contributed by atoms with Crippen LogP contribution in [0.25, 0.3) is 0 Å². The number of hydrogen-bond acceptors (Lipinski definition) is 5. The van der Waals surface area contributed by atoms with Gasteiger partial charge in [-0.3, -0.25) is 13.8 Å². The van der Waals surface area contributed by atoms with Crippen LogP contribution in [0.2, 0.25) is 0 Å². The minimum absolute atomic E-state index is 0.0735. The van der Waals surface area contributed by atoms with E-state index in [4.69, 9.17) is 9.05 Å². The van der Waals surface area contributed by atoms with Crippen molar-refractivity contribution in [3.63, 3.8) is 0 Å². The Balaban J connectivity index is 4.38. The number of phosphoric acid groups is 1. The Morgan fingerprint density at radius 2 is 1.08 bits per heavy atom. The summed E-state index contributed by atoms with van der Waals surface area (Å²) < 4.78 is 23.6. The third-order valence-electron chi connectivity index (χ3n) is 9.95. The minimum Gasteiger partial charge on any atom is -0.391 e. The van der Waals surface area contributed by atoms with Crippen LogP contribution < -0.4 is 5.32 Å². The maximum Gasteiger partial charge on any atom is 0.472 e. The van der Waals surface area contributed by atoms with Gasteiger partial charge in [0.2, 0.25) is 5.91 Å². The monoisotopic (exact) mass is 772 g/mol. The van der Waals surface area contributed by atoms with Gasteiger partial charge in [-0.2, -0.15) is 0 Å². The van der Waals surface area contributed by atoms with Crippen molar-refractivity contribution in [1.29, 1.82) is 0 Å². The molecule has 3 N–H and O–H groups in total. The predicted octanol–water partition coefficient (Wildman–Crippen LogP) is 12.1. The highest BCUT2D eigenvalue weighted by Gasteiger charge is 2.28. The van der Waals surface area contributed by atoms with Gasteiger partial charge in [-0.15, -0.1) is 0 Å². The van der Waals surface area contributed by atoms with Crippen molar-refractivity contribution in [2.45, 2.75) is 212 Å². The molecule has 0 saturated heterocycles. The van der Waals surface area contributed by atoms with E-state index in [9.17, 15) is 19.4 Å². The van der Waals surface area contributed by atoms with Crippen molar-refractivity contribution in [3.05, 3.63) is 24.3 Å². The highest BCUT2D eigenvalue weighted by molar-refractivity contribution is 7.47. The van der Waals surface area contributed by atoms with Crippen LogP contribution >= 0.6 is 7.82 Å². The Morgan fingerprint density at radius 1 is 0.642 bits per heavy atom. The average Bonchev–Trinajstić information content (AvgIpc) is 3.10. The van der Waals surface area contributed by atoms with Gasteiger partial charge in [0.05, 0.1) is 39.9 Å². The van der Waals surface area contributed by atoms with Gasteiger partial charge in [0, 0.05) is 6.42 Å². The fourth-order valence-corrected chi connectivity index (χ4v) is 7.11. The standard InChI is InChI=1S/C44H87N2O6P/c1-6-8-10-12-14-16-18-20-22-23-24-26-28-30-32-34-36-38-44(48)45-42(41-52-53(49,50)51-40-39-46(3,4)5)43(47)37-35-33-31-29-27-25-21-19-17-15-13-11-9-7-2/h14,16,20,22,42-43,47H,6-13,15,17-19,21,23-41H2,1-5H3,(H-,45,48,49,50)/p+1/b16-14-,22-20-. The number of rotatable bonds is 40. The molecule has 0 saturated carbocycles. The number of nitrogens with one attached hydrogen (secondary N) is 1. The zero-order valence-electron chi connectivity index (χ0n) is 35.5. The molecule has 0 aliphatic heterocycles. The van der Waals surface area contributed by atoms with E-state index >= 15 is 0 Å². The fourth-order valence-electron chi connectivity index (χ4n) is 6.37. The second-order valence-electron chi connectivity index (χ2n) is 16.4. The molecule has 53 heavy (non-hydrogen) atoms. The Hall–Kier alpha value is -1.02. The van der Waals surface area contributed by atoms with Gasteiger partial charge in [-0.05, 0) is 44.9 Å². The fraction of sp³-hybridized carbons (Fsp3) is 0.886. The van der Waals surface area contributed by atoms with E-state index in [1.165, 1.54) is 122 Å². The van der Waals surface area contributed by atoms with Gasteiger partial charge in [0.25, 0.3) is 0 Å². The molecule has 0 radical (unpaired) electrons. The summed E-state index contributed by atoms with van der Waals surface area (Å²) in [5.74, 6) is -0.153. The van der Waals surface area contributed by atoms with Gasteiger partial charge in [0.1, 0.15) is 13.2 Å². The van der Waals surface area contributed by atoms with Crippen LogP contribution in [0.4, 0.5) is 0 Å². The molecule has 0 fully saturated rings. The van der Waals surface area contributed by atoms with Crippen LogP contribution in [0.5, 0.6) is 0 Å². The molecule has 9 heteroatoms. The Labute approximate surface area is 328 Å². The van der Waals surface area contributed by atoms with Crippen LogP contribution in [-0.2, 0) is 18.4 Å². The van der Waals surface area contributed by atoms with Crippen molar-refractivity contribution < 1.29 is 32.9 Å². The summed E-state index contributed by atoms with van der Waals surface area (Å²) in [6.45, 7) is 4.85. The van der Waals surface area contributed by atoms with E-state index in [0.717, 1.165) is 51.4 Å². The first-order valence-electron chi connectivity index (χ1n) is 22.2. The average molecular weight is 772 g/mol. The van der Waals surface area contributed by atoms with Gasteiger partial charge in [0.15, 0.2) is 0 Å². The molecule has 0 aliphatic carbocycles. The summed E-state index contributed by atoms with van der Waals surface area (Å²) >= 11 is 0. The molecule has 0 aromatic carbocycles. The molecule has 0 aromatic heterocycles. The smallest absolute Gasteiger partial charge is 0.391 e. The third kappa shape index (κ3) is 39.0. The SMILES string of the molecule is CCCCC/C=C\C/C=C\CCCCCCCCCC(=O)NC(COP(=O)(O)OCC[N+](C)(C)C)C(O)CCCCCCCCCCCCCCCC. The summed E-state index contributed by atoms with van der Waals surface area (Å²) in [7, 11) is 1.61. The summed E-state index contributed by atoms with van der Waals surface area (Å²) in [5, 5.41) is 13.9. The number of hydrogen-bond donors (Lipinski definition) is 3. The quantitative estimate of drug-likeness (QED) is 0.0248. The maximum absolute atomic E-state index is 12.9. The second-order valence-corrected chi connectivity index (χ2v) is 17.9. The lowest BCUT2D eigenvalue weighted by molar-refractivity contribution is -0.870. The number of nitrogens with zero attached hydrogens (tertiary/aromatic N) is 1. The minimum atomic E-state index is -4.31. The van der Waals surface area contributed by atoms with Gasteiger partial charge in [-0.25, -0.2) is 4.57 Å². The Morgan fingerprint density at radius 3 is 1.58 bits per heavy atom. The van der Waals surface area contributed by atoms with Crippen molar-refractivity contribution in [1.82, 2.24) is 5.32 Å². The van der Waals surface area contributed by atoms with Crippen molar-refractivity contribution in [2.24, 2.45) is 0 Å². The Bertz CT molecular complexity index is 922. The highest BCUT2D eigenvalue weighted by Crippen LogP contribution is 2.43. The van der Waals surface area contributed by atoms with E-state index in [1.807, 2.05) is 21.1 Å². The maximum atomic E-state index is 12.9. The number of phosphoric ester groups is 1. The van der Waals surface area contributed by atoms with Gasteiger partial charge in [-0.1, -0.05) is 173 Å². The number of carbonyl (C=O) groups excluding carboxylic acids is 1. The molecule has 0 rings (SSSR count). The number of aliphatic hydroxyl groups is 1. The molecule has 8 nitrogen and oxygen atoms in total. The second kappa shape index (κ2) is 36.6. The first-order chi connectivity index (χ1) is 25.5. The lowest BCUT2D eigenvalue weighted by atomic mass is 10.0. The molecule has 1 amide bonds. The summed E-state index contributed by atoms with van der Waals surface area (Å²) in [6, 6.07) is -0.761. The summed E-state index contributed by atoms with van der Waals surface area (Å²) in [6.07, 6.45) is 41.9. The van der Waals surface area contributed by atoms with Crippen LogP contribution in [0.1, 0.15) is 200 Å². The van der Waals surface area contributed by atoms with Crippen molar-refractivity contribution >= 4 is 13.7 Å². The van der Waals surface area contributed by atoms with Crippen LogP contribution in [0, 0.1) is 0 Å². The third-order valence-corrected chi connectivity index (χ3v) is 10.9.